The van der Waals surface area contributed by atoms with Crippen molar-refractivity contribution in [3.8, 4) is 0 Å². The van der Waals surface area contributed by atoms with Gasteiger partial charge in [-0.05, 0) is 19.1 Å². The Labute approximate surface area is 120 Å². The first-order valence-corrected chi connectivity index (χ1v) is 6.09. The number of hydrogen-bond acceptors (Lipinski definition) is 6. The van der Waals surface area contributed by atoms with Gasteiger partial charge in [-0.15, -0.1) is 0 Å². The Kier molecular flexibility index (Phi) is 4.22. The van der Waals surface area contributed by atoms with E-state index in [0.717, 1.165) is 0 Å². The van der Waals surface area contributed by atoms with Gasteiger partial charge in [-0.2, -0.15) is 4.73 Å². The quantitative estimate of drug-likeness (QED) is 0.483. The van der Waals surface area contributed by atoms with Crippen molar-refractivity contribution in [1.82, 2.24) is 0 Å². The van der Waals surface area contributed by atoms with Gasteiger partial charge in [-0.3, -0.25) is 0 Å². The molecule has 2 rings (SSSR count). The molecule has 0 aliphatic carbocycles. The third-order valence-electron chi connectivity index (χ3n) is 2.74. The number of ether oxygens (including phenoxy) is 2. The van der Waals surface area contributed by atoms with E-state index in [4.69, 9.17) is 9.15 Å². The third-order valence-corrected chi connectivity index (χ3v) is 2.74. The normalized spacial score (nSPS) is 11.7. The SMILES string of the molecule is COC(=O)c1ccc([C@H](C)OC(=O)c2cc[n+]([O-])cc2)o1. The van der Waals surface area contributed by atoms with Crippen molar-refractivity contribution in [3.05, 3.63) is 59.0 Å². The highest BCUT2D eigenvalue weighted by Gasteiger charge is 2.19. The lowest BCUT2D eigenvalue weighted by atomic mass is 10.2. The largest absolute Gasteiger partial charge is 0.619 e. The number of furan rings is 1. The predicted molar refractivity (Wildman–Crippen MR) is 69.3 cm³/mol. The summed E-state index contributed by atoms with van der Waals surface area (Å²) in [6, 6.07) is 5.67. The molecular weight excluding hydrogens is 278 g/mol. The van der Waals surface area contributed by atoms with E-state index in [1.54, 1.807) is 6.92 Å². The molecule has 7 heteroatoms. The second kappa shape index (κ2) is 6.08. The maximum atomic E-state index is 11.9. The van der Waals surface area contributed by atoms with Crippen LogP contribution in [0.1, 0.15) is 39.7 Å². The molecule has 0 aliphatic heterocycles. The fraction of sp³-hybridized carbons (Fsp3) is 0.214. The van der Waals surface area contributed by atoms with Crippen LogP contribution >= 0.6 is 0 Å². The molecule has 0 aliphatic rings. The fourth-order valence-corrected chi connectivity index (χ4v) is 1.62. The van der Waals surface area contributed by atoms with E-state index in [0.29, 0.717) is 10.5 Å². The summed E-state index contributed by atoms with van der Waals surface area (Å²) in [5, 5.41) is 10.9. The van der Waals surface area contributed by atoms with E-state index in [-0.39, 0.29) is 11.3 Å². The number of nitrogens with zero attached hydrogens (tertiary/aromatic N) is 1. The number of hydrogen-bond donors (Lipinski definition) is 0. The number of esters is 2. The van der Waals surface area contributed by atoms with E-state index in [1.165, 1.54) is 43.8 Å². The molecule has 7 nitrogen and oxygen atoms in total. The fourth-order valence-electron chi connectivity index (χ4n) is 1.62. The highest BCUT2D eigenvalue weighted by Crippen LogP contribution is 2.21. The van der Waals surface area contributed by atoms with E-state index in [9.17, 15) is 14.8 Å². The Balaban J connectivity index is 2.05. The van der Waals surface area contributed by atoms with Crippen molar-refractivity contribution in [2.75, 3.05) is 7.11 Å². The molecule has 0 N–H and O–H groups in total. The van der Waals surface area contributed by atoms with Gasteiger partial charge in [0.2, 0.25) is 5.76 Å². The second-order valence-electron chi connectivity index (χ2n) is 4.19. The van der Waals surface area contributed by atoms with Crippen LogP contribution in [0.2, 0.25) is 0 Å². The third kappa shape index (κ3) is 3.38. The standard InChI is InChI=1S/C14H13NO6/c1-9(11-3-4-12(21-11)14(17)19-2)20-13(16)10-5-7-15(18)8-6-10/h3-9H,1-2H3/t9-/m0/s1. The average Bonchev–Trinajstić information content (AvgIpc) is 2.97. The molecule has 0 spiro atoms. The minimum absolute atomic E-state index is 0.0301. The Morgan fingerprint density at radius 1 is 1.19 bits per heavy atom. The van der Waals surface area contributed by atoms with Gasteiger partial charge in [0.15, 0.2) is 18.5 Å². The van der Waals surface area contributed by atoms with Gasteiger partial charge in [0.25, 0.3) is 0 Å². The van der Waals surface area contributed by atoms with Crippen molar-refractivity contribution < 1.29 is 28.2 Å². The van der Waals surface area contributed by atoms with Gasteiger partial charge in [-0.25, -0.2) is 9.59 Å². The number of rotatable bonds is 4. The molecule has 0 fully saturated rings. The Morgan fingerprint density at radius 2 is 1.86 bits per heavy atom. The van der Waals surface area contributed by atoms with Crippen molar-refractivity contribution in [3.63, 3.8) is 0 Å². The number of aromatic nitrogens is 1. The summed E-state index contributed by atoms with van der Waals surface area (Å²) in [6.45, 7) is 1.61. The van der Waals surface area contributed by atoms with Gasteiger partial charge in [0, 0.05) is 12.1 Å². The van der Waals surface area contributed by atoms with Gasteiger partial charge >= 0.3 is 11.9 Å². The second-order valence-corrected chi connectivity index (χ2v) is 4.19. The summed E-state index contributed by atoms with van der Waals surface area (Å²) >= 11 is 0. The van der Waals surface area contributed by atoms with Gasteiger partial charge in [-0.1, -0.05) is 0 Å². The van der Waals surface area contributed by atoms with E-state index in [1.807, 2.05) is 0 Å². The van der Waals surface area contributed by atoms with E-state index >= 15 is 0 Å². The highest BCUT2D eigenvalue weighted by atomic mass is 16.6. The lowest BCUT2D eigenvalue weighted by Crippen LogP contribution is -2.24. The summed E-state index contributed by atoms with van der Waals surface area (Å²) in [4.78, 5) is 23.1. The maximum Gasteiger partial charge on any atom is 0.373 e. The van der Waals surface area contributed by atoms with Crippen molar-refractivity contribution in [2.45, 2.75) is 13.0 Å². The molecule has 2 heterocycles. The van der Waals surface area contributed by atoms with Crippen LogP contribution in [0.5, 0.6) is 0 Å². The number of methoxy groups -OCH3 is 1. The van der Waals surface area contributed by atoms with Crippen LogP contribution in [0.15, 0.2) is 41.1 Å². The Bertz CT molecular complexity index is 646. The number of carbonyl (C=O) groups is 2. The minimum atomic E-state index is -0.685. The minimum Gasteiger partial charge on any atom is -0.619 e. The first kappa shape index (κ1) is 14.6. The molecule has 110 valence electrons. The lowest BCUT2D eigenvalue weighted by Gasteiger charge is -2.10. The highest BCUT2D eigenvalue weighted by molar-refractivity contribution is 5.89. The molecule has 2 aromatic rings. The summed E-state index contributed by atoms with van der Waals surface area (Å²) in [5.41, 5.74) is 0.244. The van der Waals surface area contributed by atoms with Crippen LogP contribution in [0.3, 0.4) is 0 Å². The average molecular weight is 291 g/mol. The number of pyridine rings is 1. The summed E-state index contributed by atoms with van der Waals surface area (Å²) in [6.07, 6.45) is 1.71. The van der Waals surface area contributed by atoms with Crippen LogP contribution in [0.25, 0.3) is 0 Å². The van der Waals surface area contributed by atoms with Crippen molar-refractivity contribution >= 4 is 11.9 Å². The van der Waals surface area contributed by atoms with Crippen LogP contribution < -0.4 is 4.73 Å². The van der Waals surface area contributed by atoms with Gasteiger partial charge in [0.1, 0.15) is 5.76 Å². The molecule has 1 atom stereocenters. The zero-order valence-electron chi connectivity index (χ0n) is 11.4. The van der Waals surface area contributed by atoms with E-state index in [2.05, 4.69) is 4.74 Å². The van der Waals surface area contributed by atoms with Crippen LogP contribution in [0, 0.1) is 5.21 Å². The molecule has 0 unspecified atom stereocenters. The molecule has 0 radical (unpaired) electrons. The topological polar surface area (TPSA) is 92.7 Å². The summed E-state index contributed by atoms with van der Waals surface area (Å²) in [5.74, 6) is -0.858. The molecule has 0 saturated heterocycles. The molecular formula is C14H13NO6. The molecule has 0 saturated carbocycles. The molecule has 0 bridgehead atoms. The summed E-state index contributed by atoms with van der Waals surface area (Å²) in [7, 11) is 1.24. The maximum absolute atomic E-state index is 11.9. The van der Waals surface area contributed by atoms with Crippen molar-refractivity contribution in [1.29, 1.82) is 0 Å². The lowest BCUT2D eigenvalue weighted by molar-refractivity contribution is -0.605. The number of carbonyl (C=O) groups excluding carboxylic acids is 2. The first-order chi connectivity index (χ1) is 10.0. The smallest absolute Gasteiger partial charge is 0.373 e. The first-order valence-electron chi connectivity index (χ1n) is 6.09. The zero-order chi connectivity index (χ0) is 15.4. The molecule has 2 aromatic heterocycles. The van der Waals surface area contributed by atoms with Crippen LogP contribution in [-0.2, 0) is 9.47 Å². The van der Waals surface area contributed by atoms with E-state index < -0.39 is 18.0 Å². The predicted octanol–water partition coefficient (Wildman–Crippen LogP) is 1.62. The molecule has 0 aromatic carbocycles. The van der Waals surface area contributed by atoms with Gasteiger partial charge < -0.3 is 19.1 Å². The molecule has 21 heavy (non-hydrogen) atoms. The summed E-state index contributed by atoms with van der Waals surface area (Å²) < 4.78 is 15.5. The van der Waals surface area contributed by atoms with Crippen LogP contribution in [0.4, 0.5) is 0 Å². The van der Waals surface area contributed by atoms with Crippen LogP contribution in [-0.4, -0.2) is 19.0 Å². The Hall–Kier alpha value is -2.83. The molecule has 0 amide bonds. The zero-order valence-corrected chi connectivity index (χ0v) is 11.4. The monoisotopic (exact) mass is 291 g/mol. The Morgan fingerprint density at radius 3 is 2.48 bits per heavy atom. The van der Waals surface area contributed by atoms with Crippen molar-refractivity contribution in [2.24, 2.45) is 0 Å². The van der Waals surface area contributed by atoms with Gasteiger partial charge in [0.05, 0.1) is 12.7 Å².